The van der Waals surface area contributed by atoms with E-state index in [1.54, 1.807) is 45.3 Å². The maximum absolute atomic E-state index is 12.5. The second kappa shape index (κ2) is 7.95. The van der Waals surface area contributed by atoms with E-state index in [4.69, 9.17) is 19.9 Å². The first kappa shape index (κ1) is 20.4. The Balaban J connectivity index is 1.69. The SMILES string of the molecule is CN1C(=O)[C@@H](OC(N)=O)COc2ccc(OCc3cn(CC(C)(C)O)nn3)cc21. The van der Waals surface area contributed by atoms with E-state index >= 15 is 0 Å². The van der Waals surface area contributed by atoms with Gasteiger partial charge in [0.2, 0.25) is 6.10 Å². The van der Waals surface area contributed by atoms with E-state index in [1.807, 2.05) is 0 Å². The minimum Gasteiger partial charge on any atom is -0.487 e. The molecule has 2 aromatic rings. The van der Waals surface area contributed by atoms with Gasteiger partial charge in [-0.15, -0.1) is 5.10 Å². The van der Waals surface area contributed by atoms with Gasteiger partial charge in [0, 0.05) is 13.1 Å². The molecule has 0 bridgehead atoms. The number of benzene rings is 1. The Bertz CT molecular complexity index is 906. The first-order valence-corrected chi connectivity index (χ1v) is 8.87. The van der Waals surface area contributed by atoms with Gasteiger partial charge in [-0.25, -0.2) is 9.48 Å². The summed E-state index contributed by atoms with van der Waals surface area (Å²) in [6.45, 7) is 3.68. The molecule has 1 aromatic carbocycles. The fourth-order valence-corrected chi connectivity index (χ4v) is 2.80. The number of amides is 2. The molecule has 3 N–H and O–H groups in total. The fourth-order valence-electron chi connectivity index (χ4n) is 2.80. The van der Waals surface area contributed by atoms with Gasteiger partial charge in [-0.2, -0.15) is 0 Å². The molecule has 11 nitrogen and oxygen atoms in total. The maximum atomic E-state index is 12.5. The zero-order valence-electron chi connectivity index (χ0n) is 16.4. The van der Waals surface area contributed by atoms with Crippen molar-refractivity contribution < 1.29 is 28.9 Å². The molecule has 11 heteroatoms. The van der Waals surface area contributed by atoms with Gasteiger partial charge >= 0.3 is 6.09 Å². The summed E-state index contributed by atoms with van der Waals surface area (Å²) in [5.41, 5.74) is 5.15. The lowest BCUT2D eigenvalue weighted by molar-refractivity contribution is -0.127. The Morgan fingerprint density at radius 1 is 1.45 bits per heavy atom. The lowest BCUT2D eigenvalue weighted by Crippen LogP contribution is -2.41. The Morgan fingerprint density at radius 2 is 2.21 bits per heavy atom. The van der Waals surface area contributed by atoms with Gasteiger partial charge in [0.05, 0.1) is 24.0 Å². The number of likely N-dealkylation sites (N-methyl/N-ethyl adjacent to an activating group) is 1. The van der Waals surface area contributed by atoms with Crippen LogP contribution in [0.5, 0.6) is 11.5 Å². The number of primary amides is 1. The minimum absolute atomic E-state index is 0.135. The third-order valence-electron chi connectivity index (χ3n) is 4.07. The molecule has 0 saturated carbocycles. The molecule has 1 aromatic heterocycles. The highest BCUT2D eigenvalue weighted by atomic mass is 16.6. The average molecular weight is 405 g/mol. The third-order valence-corrected chi connectivity index (χ3v) is 4.07. The summed E-state index contributed by atoms with van der Waals surface area (Å²) in [5, 5.41) is 17.8. The van der Waals surface area contributed by atoms with Crippen LogP contribution in [0.15, 0.2) is 24.4 Å². The predicted octanol–water partition coefficient (Wildman–Crippen LogP) is 0.447. The fraction of sp³-hybridized carbons (Fsp3) is 0.444. The molecule has 0 unspecified atom stereocenters. The van der Waals surface area contributed by atoms with Crippen LogP contribution in [0.25, 0.3) is 0 Å². The van der Waals surface area contributed by atoms with Crippen LogP contribution < -0.4 is 20.1 Å². The molecule has 0 saturated heterocycles. The highest BCUT2D eigenvalue weighted by Gasteiger charge is 2.32. The Hall–Kier alpha value is -3.34. The molecular formula is C18H23N5O6. The predicted molar refractivity (Wildman–Crippen MR) is 100 cm³/mol. The summed E-state index contributed by atoms with van der Waals surface area (Å²) in [7, 11) is 1.54. The van der Waals surface area contributed by atoms with E-state index < -0.39 is 23.7 Å². The summed E-state index contributed by atoms with van der Waals surface area (Å²) >= 11 is 0. The second-order valence-electron chi connectivity index (χ2n) is 7.27. The summed E-state index contributed by atoms with van der Waals surface area (Å²) in [6.07, 6.45) is -0.487. The lowest BCUT2D eigenvalue weighted by Gasteiger charge is -2.19. The molecule has 0 aliphatic carbocycles. The van der Waals surface area contributed by atoms with Crippen LogP contribution >= 0.6 is 0 Å². The van der Waals surface area contributed by atoms with Crippen molar-refractivity contribution in [2.24, 2.45) is 5.73 Å². The van der Waals surface area contributed by atoms with E-state index in [-0.39, 0.29) is 13.2 Å². The van der Waals surface area contributed by atoms with Crippen molar-refractivity contribution >= 4 is 17.7 Å². The number of nitrogens with zero attached hydrogens (tertiary/aromatic N) is 4. The Morgan fingerprint density at radius 3 is 2.90 bits per heavy atom. The highest BCUT2D eigenvalue weighted by molar-refractivity contribution is 5.99. The molecule has 0 spiro atoms. The molecule has 0 fully saturated rings. The molecule has 1 aliphatic heterocycles. The maximum Gasteiger partial charge on any atom is 0.405 e. The molecule has 0 radical (unpaired) electrons. The number of rotatable bonds is 6. The summed E-state index contributed by atoms with van der Waals surface area (Å²) in [4.78, 5) is 24.8. The summed E-state index contributed by atoms with van der Waals surface area (Å²) in [6, 6.07) is 4.99. The van der Waals surface area contributed by atoms with Crippen molar-refractivity contribution in [3.8, 4) is 11.5 Å². The molecular weight excluding hydrogens is 382 g/mol. The van der Waals surface area contributed by atoms with E-state index in [9.17, 15) is 14.7 Å². The molecule has 2 heterocycles. The molecule has 2 amide bonds. The number of aliphatic hydroxyl groups is 1. The number of hydrogen-bond acceptors (Lipinski definition) is 8. The van der Waals surface area contributed by atoms with Gasteiger partial charge in [-0.05, 0) is 26.0 Å². The lowest BCUT2D eigenvalue weighted by atomic mass is 10.1. The van der Waals surface area contributed by atoms with Gasteiger partial charge in [0.1, 0.15) is 30.4 Å². The van der Waals surface area contributed by atoms with Crippen LogP contribution in [0.1, 0.15) is 19.5 Å². The number of carbonyl (C=O) groups excluding carboxylic acids is 2. The van der Waals surface area contributed by atoms with Crippen molar-refractivity contribution in [1.29, 1.82) is 0 Å². The highest BCUT2D eigenvalue weighted by Crippen LogP contribution is 2.34. The Kier molecular flexibility index (Phi) is 5.59. The van der Waals surface area contributed by atoms with E-state index in [0.29, 0.717) is 29.4 Å². The van der Waals surface area contributed by atoms with Crippen molar-refractivity contribution in [1.82, 2.24) is 15.0 Å². The number of carbonyl (C=O) groups is 2. The molecule has 1 aliphatic rings. The van der Waals surface area contributed by atoms with Gasteiger partial charge in [0.25, 0.3) is 5.91 Å². The number of ether oxygens (including phenoxy) is 3. The van der Waals surface area contributed by atoms with Crippen LogP contribution in [0.2, 0.25) is 0 Å². The number of nitrogens with two attached hydrogens (primary N) is 1. The first-order valence-electron chi connectivity index (χ1n) is 8.87. The van der Waals surface area contributed by atoms with Gasteiger partial charge in [-0.3, -0.25) is 4.79 Å². The van der Waals surface area contributed by atoms with Crippen molar-refractivity contribution in [2.45, 2.75) is 38.7 Å². The quantitative estimate of drug-likeness (QED) is 0.705. The molecule has 1 atom stereocenters. The number of anilines is 1. The molecule has 156 valence electrons. The van der Waals surface area contributed by atoms with Crippen molar-refractivity contribution in [3.63, 3.8) is 0 Å². The van der Waals surface area contributed by atoms with E-state index in [1.165, 1.54) is 9.58 Å². The molecule has 3 rings (SSSR count). The van der Waals surface area contributed by atoms with E-state index in [0.717, 1.165) is 0 Å². The number of hydrogen-bond donors (Lipinski definition) is 2. The number of fused-ring (bicyclic) bond motifs is 1. The third kappa shape index (κ3) is 5.13. The average Bonchev–Trinajstić information content (AvgIpc) is 3.03. The smallest absolute Gasteiger partial charge is 0.405 e. The second-order valence-corrected chi connectivity index (χ2v) is 7.27. The van der Waals surface area contributed by atoms with Gasteiger partial charge in [0.15, 0.2) is 0 Å². The zero-order chi connectivity index (χ0) is 21.2. The zero-order valence-corrected chi connectivity index (χ0v) is 16.4. The van der Waals surface area contributed by atoms with Crippen LogP contribution in [0, 0.1) is 0 Å². The summed E-state index contributed by atoms with van der Waals surface area (Å²) in [5.74, 6) is 0.465. The van der Waals surface area contributed by atoms with Crippen LogP contribution in [0.3, 0.4) is 0 Å². The minimum atomic E-state index is -1.12. The number of aromatic nitrogens is 3. The van der Waals surface area contributed by atoms with Gasteiger partial charge in [-0.1, -0.05) is 5.21 Å². The molecule has 29 heavy (non-hydrogen) atoms. The topological polar surface area (TPSA) is 142 Å². The van der Waals surface area contributed by atoms with Crippen LogP contribution in [-0.4, -0.2) is 57.5 Å². The Labute approximate surface area is 166 Å². The normalized spacial score (nSPS) is 16.6. The van der Waals surface area contributed by atoms with Crippen LogP contribution in [0.4, 0.5) is 10.5 Å². The first-order chi connectivity index (χ1) is 13.6. The standard InChI is InChI=1S/C18H23N5O6/c1-18(2,26)10-23-7-11(20-21-23)8-27-12-4-5-14-13(6-12)22(3)16(24)15(9-28-14)29-17(19)25/h4-7,15,26H,8-10H2,1-3H3,(H2,19,25)/t15-/m0/s1. The van der Waals surface area contributed by atoms with Crippen LogP contribution in [-0.2, 0) is 22.7 Å². The monoisotopic (exact) mass is 405 g/mol. The van der Waals surface area contributed by atoms with Crippen molar-refractivity contribution in [2.75, 3.05) is 18.6 Å². The van der Waals surface area contributed by atoms with E-state index in [2.05, 4.69) is 10.3 Å². The van der Waals surface area contributed by atoms with Crippen molar-refractivity contribution in [3.05, 3.63) is 30.1 Å². The largest absolute Gasteiger partial charge is 0.487 e. The summed E-state index contributed by atoms with van der Waals surface area (Å²) < 4.78 is 17.7. The van der Waals surface area contributed by atoms with Gasteiger partial charge < -0.3 is 30.0 Å².